The van der Waals surface area contributed by atoms with Crippen LogP contribution in [0.3, 0.4) is 0 Å². The van der Waals surface area contributed by atoms with Gasteiger partial charge in [-0.2, -0.15) is 5.26 Å². The number of aliphatic hydroxyl groups excluding tert-OH is 1. The average molecular weight is 347 g/mol. The standard InChI is InChI=1S/C20H29NO4/c1-18-7-5-16(22)19(2,11-21)14(18)4-8-20(3)15(18)10-13(25-20)12-6-9-24-17(12)23/h12-16,22H,4-10H2,1-3H3/t12?,13-,14-,15-,16+,18+,19-,20+/m0/s1. The Labute approximate surface area is 149 Å². The number of cyclic esters (lactones) is 1. The SMILES string of the molecule is C[C@@]1(C#N)[C@H](O)CC[C@]2(C)[C@@H]1CC[C@@]1(C)O[C@H](C3CCOC3=O)C[C@@H]21. The number of esters is 1. The Morgan fingerprint density at radius 2 is 1.92 bits per heavy atom. The van der Waals surface area contributed by atoms with E-state index in [4.69, 9.17) is 9.47 Å². The molecule has 0 bridgehead atoms. The van der Waals surface area contributed by atoms with Crippen molar-refractivity contribution in [1.29, 1.82) is 5.26 Å². The zero-order chi connectivity index (χ0) is 18.0. The number of hydrogen-bond acceptors (Lipinski definition) is 5. The first-order valence-corrected chi connectivity index (χ1v) is 9.68. The molecule has 5 nitrogen and oxygen atoms in total. The monoisotopic (exact) mass is 347 g/mol. The molecule has 2 aliphatic carbocycles. The molecule has 2 heterocycles. The molecule has 4 fully saturated rings. The number of fused-ring (bicyclic) bond motifs is 3. The van der Waals surface area contributed by atoms with Gasteiger partial charge in [0.15, 0.2) is 0 Å². The molecule has 4 aliphatic rings. The van der Waals surface area contributed by atoms with Crippen molar-refractivity contribution in [3.8, 4) is 6.07 Å². The van der Waals surface area contributed by atoms with Gasteiger partial charge in [-0.1, -0.05) is 6.92 Å². The van der Waals surface area contributed by atoms with Gasteiger partial charge in [0.1, 0.15) is 0 Å². The second-order valence-electron chi connectivity index (χ2n) is 9.37. The van der Waals surface area contributed by atoms with Crippen LogP contribution >= 0.6 is 0 Å². The molecule has 0 aromatic heterocycles. The third-order valence-corrected chi connectivity index (χ3v) is 8.19. The number of aliphatic hydroxyl groups is 1. The van der Waals surface area contributed by atoms with E-state index in [2.05, 4.69) is 19.9 Å². The van der Waals surface area contributed by atoms with Crippen LogP contribution in [0, 0.1) is 39.9 Å². The lowest BCUT2D eigenvalue weighted by Crippen LogP contribution is -2.59. The molecule has 2 saturated heterocycles. The van der Waals surface area contributed by atoms with Gasteiger partial charge in [-0.05, 0) is 69.6 Å². The first-order chi connectivity index (χ1) is 11.7. The van der Waals surface area contributed by atoms with Gasteiger partial charge < -0.3 is 14.6 Å². The maximum absolute atomic E-state index is 12.0. The molecule has 1 N–H and O–H groups in total. The molecule has 0 spiro atoms. The summed E-state index contributed by atoms with van der Waals surface area (Å²) in [4.78, 5) is 12.0. The Kier molecular flexibility index (Phi) is 3.76. The Bertz CT molecular complexity index is 630. The fourth-order valence-electron chi connectivity index (χ4n) is 6.72. The Hall–Kier alpha value is -1.12. The zero-order valence-corrected chi connectivity index (χ0v) is 15.5. The van der Waals surface area contributed by atoms with Crippen LogP contribution in [0.25, 0.3) is 0 Å². The third-order valence-electron chi connectivity index (χ3n) is 8.19. The first-order valence-electron chi connectivity index (χ1n) is 9.68. The van der Waals surface area contributed by atoms with E-state index >= 15 is 0 Å². The van der Waals surface area contributed by atoms with Crippen LogP contribution in [0.2, 0.25) is 0 Å². The van der Waals surface area contributed by atoms with Gasteiger partial charge in [0.05, 0.1) is 41.8 Å². The number of carbonyl (C=O) groups excluding carboxylic acids is 1. The molecule has 5 heteroatoms. The summed E-state index contributed by atoms with van der Waals surface area (Å²) in [6.45, 7) is 6.92. The lowest BCUT2D eigenvalue weighted by atomic mass is 9.45. The van der Waals surface area contributed by atoms with E-state index in [1.807, 2.05) is 6.92 Å². The summed E-state index contributed by atoms with van der Waals surface area (Å²) in [7, 11) is 0. The van der Waals surface area contributed by atoms with Crippen molar-refractivity contribution in [3.63, 3.8) is 0 Å². The maximum atomic E-state index is 12.0. The molecule has 0 aromatic carbocycles. The van der Waals surface area contributed by atoms with Crippen molar-refractivity contribution in [2.45, 2.75) is 77.1 Å². The molecule has 2 aliphatic heterocycles. The van der Waals surface area contributed by atoms with Crippen LogP contribution in [0.4, 0.5) is 0 Å². The smallest absolute Gasteiger partial charge is 0.311 e. The van der Waals surface area contributed by atoms with Gasteiger partial charge in [-0.15, -0.1) is 0 Å². The summed E-state index contributed by atoms with van der Waals surface area (Å²) < 4.78 is 11.7. The number of hydrogen-bond donors (Lipinski definition) is 1. The molecule has 8 atom stereocenters. The normalized spacial score (nSPS) is 55.2. The van der Waals surface area contributed by atoms with E-state index < -0.39 is 11.5 Å². The number of ether oxygens (including phenoxy) is 2. The number of rotatable bonds is 1. The highest BCUT2D eigenvalue weighted by Crippen LogP contribution is 2.66. The summed E-state index contributed by atoms with van der Waals surface area (Å²) in [5, 5.41) is 20.4. The molecule has 4 rings (SSSR count). The minimum atomic E-state index is -0.696. The van der Waals surface area contributed by atoms with Crippen LogP contribution in [0.15, 0.2) is 0 Å². The summed E-state index contributed by atoms with van der Waals surface area (Å²) >= 11 is 0. The molecule has 2 saturated carbocycles. The predicted octanol–water partition coefficient (Wildman–Crippen LogP) is 2.81. The number of nitrogens with zero attached hydrogens (tertiary/aromatic N) is 1. The summed E-state index contributed by atoms with van der Waals surface area (Å²) in [6, 6.07) is 2.46. The Morgan fingerprint density at radius 1 is 1.16 bits per heavy atom. The van der Waals surface area contributed by atoms with Crippen molar-refractivity contribution in [3.05, 3.63) is 0 Å². The van der Waals surface area contributed by atoms with Crippen LogP contribution in [0.1, 0.15) is 59.3 Å². The van der Waals surface area contributed by atoms with E-state index in [-0.39, 0.29) is 34.9 Å². The molecule has 0 radical (unpaired) electrons. The molecule has 0 aromatic rings. The third kappa shape index (κ3) is 2.23. The highest BCUT2D eigenvalue weighted by Gasteiger charge is 2.65. The Morgan fingerprint density at radius 3 is 2.56 bits per heavy atom. The first kappa shape index (κ1) is 17.3. The van der Waals surface area contributed by atoms with E-state index in [0.29, 0.717) is 18.9 Å². The zero-order valence-electron chi connectivity index (χ0n) is 15.5. The second kappa shape index (κ2) is 5.44. The van der Waals surface area contributed by atoms with Crippen LogP contribution in [-0.4, -0.2) is 35.5 Å². The van der Waals surface area contributed by atoms with Gasteiger partial charge in [0.2, 0.25) is 0 Å². The van der Waals surface area contributed by atoms with Crippen molar-refractivity contribution >= 4 is 5.97 Å². The Balaban J connectivity index is 1.66. The van der Waals surface area contributed by atoms with Crippen LogP contribution in [-0.2, 0) is 14.3 Å². The molecule has 138 valence electrons. The number of carbonyl (C=O) groups is 1. The highest BCUT2D eigenvalue weighted by atomic mass is 16.6. The molecule has 25 heavy (non-hydrogen) atoms. The van der Waals surface area contributed by atoms with Gasteiger partial charge in [-0.25, -0.2) is 0 Å². The van der Waals surface area contributed by atoms with E-state index in [9.17, 15) is 15.2 Å². The maximum Gasteiger partial charge on any atom is 0.311 e. The van der Waals surface area contributed by atoms with Crippen molar-refractivity contribution in [2.75, 3.05) is 6.61 Å². The molecule has 0 amide bonds. The van der Waals surface area contributed by atoms with Crippen LogP contribution in [0.5, 0.6) is 0 Å². The number of nitriles is 1. The minimum Gasteiger partial charge on any atom is -0.465 e. The summed E-state index contributed by atoms with van der Waals surface area (Å²) in [5.74, 6) is 0.234. The highest BCUT2D eigenvalue weighted by molar-refractivity contribution is 5.74. The van der Waals surface area contributed by atoms with Gasteiger partial charge >= 0.3 is 5.97 Å². The summed E-state index contributed by atoms with van der Waals surface area (Å²) in [5.41, 5.74) is -0.968. The van der Waals surface area contributed by atoms with Crippen molar-refractivity contribution in [1.82, 2.24) is 0 Å². The quantitative estimate of drug-likeness (QED) is 0.738. The largest absolute Gasteiger partial charge is 0.465 e. The lowest BCUT2D eigenvalue weighted by Gasteiger charge is -2.60. The van der Waals surface area contributed by atoms with Gasteiger partial charge in [0.25, 0.3) is 0 Å². The molecular formula is C20H29NO4. The lowest BCUT2D eigenvalue weighted by molar-refractivity contribution is -0.176. The summed E-state index contributed by atoms with van der Waals surface area (Å²) in [6.07, 6.45) is 4.36. The van der Waals surface area contributed by atoms with Crippen molar-refractivity contribution < 1.29 is 19.4 Å². The molecule has 1 unspecified atom stereocenters. The predicted molar refractivity (Wildman–Crippen MR) is 90.2 cm³/mol. The second-order valence-corrected chi connectivity index (χ2v) is 9.37. The average Bonchev–Trinajstić information content (AvgIpc) is 3.15. The fraction of sp³-hybridized carbons (Fsp3) is 0.900. The van der Waals surface area contributed by atoms with E-state index in [0.717, 1.165) is 32.1 Å². The molecular weight excluding hydrogens is 318 g/mol. The van der Waals surface area contributed by atoms with Gasteiger partial charge in [0, 0.05) is 0 Å². The van der Waals surface area contributed by atoms with E-state index in [1.54, 1.807) is 0 Å². The van der Waals surface area contributed by atoms with Crippen molar-refractivity contribution in [2.24, 2.45) is 28.6 Å². The topological polar surface area (TPSA) is 79.6 Å². The minimum absolute atomic E-state index is 0.0338. The van der Waals surface area contributed by atoms with Crippen LogP contribution < -0.4 is 0 Å². The van der Waals surface area contributed by atoms with Gasteiger partial charge in [-0.3, -0.25) is 4.79 Å². The van der Waals surface area contributed by atoms with E-state index in [1.165, 1.54) is 0 Å². The fourth-order valence-corrected chi connectivity index (χ4v) is 6.72.